The van der Waals surface area contributed by atoms with E-state index in [2.05, 4.69) is 62.5 Å². The number of benzene rings is 1. The van der Waals surface area contributed by atoms with Gasteiger partial charge >= 0.3 is 0 Å². The van der Waals surface area contributed by atoms with E-state index < -0.39 is 0 Å². The number of hydrogen-bond donors (Lipinski definition) is 1. The number of hydrogen-bond acceptors (Lipinski definition) is 2. The molecule has 0 aliphatic heterocycles. The molecule has 1 heterocycles. The summed E-state index contributed by atoms with van der Waals surface area (Å²) in [5.41, 5.74) is 2.68. The van der Waals surface area contributed by atoms with Crippen molar-refractivity contribution < 1.29 is 4.42 Å². The maximum Gasteiger partial charge on any atom is 0.105 e. The van der Waals surface area contributed by atoms with Crippen LogP contribution in [0.3, 0.4) is 0 Å². The fourth-order valence-corrected chi connectivity index (χ4v) is 2.93. The lowest BCUT2D eigenvalue weighted by molar-refractivity contribution is 0.431. The minimum atomic E-state index is 0.312. The van der Waals surface area contributed by atoms with Crippen molar-refractivity contribution in [2.24, 2.45) is 5.92 Å². The third kappa shape index (κ3) is 3.98. The molecule has 2 unspecified atom stereocenters. The van der Waals surface area contributed by atoms with E-state index in [1.807, 2.05) is 13.8 Å². The molecule has 1 aromatic carbocycles. The third-order valence-electron chi connectivity index (χ3n) is 4.22. The summed E-state index contributed by atoms with van der Waals surface area (Å²) in [4.78, 5) is 0. The Morgan fingerprint density at radius 1 is 1.05 bits per heavy atom. The van der Waals surface area contributed by atoms with E-state index in [1.165, 1.54) is 11.1 Å². The monoisotopic (exact) mass is 285 g/mol. The smallest absolute Gasteiger partial charge is 0.105 e. The first kappa shape index (κ1) is 15.8. The molecule has 1 N–H and O–H groups in total. The Morgan fingerprint density at radius 3 is 2.24 bits per heavy atom. The number of furan rings is 1. The van der Waals surface area contributed by atoms with Crippen LogP contribution in [0.25, 0.3) is 0 Å². The average molecular weight is 285 g/mol. The summed E-state index contributed by atoms with van der Waals surface area (Å²) in [6.45, 7) is 11.8. The van der Waals surface area contributed by atoms with Crippen molar-refractivity contribution in [3.8, 4) is 0 Å². The van der Waals surface area contributed by atoms with Crippen LogP contribution >= 0.6 is 0 Å². The Bertz CT molecular complexity index is 556. The van der Waals surface area contributed by atoms with Gasteiger partial charge in [-0.05, 0) is 44.2 Å². The lowest BCUT2D eigenvalue weighted by Crippen LogP contribution is -2.27. The van der Waals surface area contributed by atoms with Crippen molar-refractivity contribution >= 4 is 0 Å². The van der Waals surface area contributed by atoms with Crippen LogP contribution in [-0.2, 0) is 0 Å². The minimum absolute atomic E-state index is 0.312. The SMILES string of the molecule is Cc1cc(C(C)NCC(c2ccccc2)C(C)C)c(C)o1. The molecule has 2 aromatic rings. The van der Waals surface area contributed by atoms with Crippen LogP contribution in [-0.4, -0.2) is 6.54 Å². The molecule has 1 aromatic heterocycles. The summed E-state index contributed by atoms with van der Waals surface area (Å²) < 4.78 is 5.63. The van der Waals surface area contributed by atoms with Gasteiger partial charge in [0.1, 0.15) is 11.5 Å². The van der Waals surface area contributed by atoms with Gasteiger partial charge in [-0.2, -0.15) is 0 Å². The lowest BCUT2D eigenvalue weighted by atomic mass is 9.88. The van der Waals surface area contributed by atoms with Gasteiger partial charge in [-0.1, -0.05) is 44.2 Å². The molecule has 0 spiro atoms. The van der Waals surface area contributed by atoms with Crippen molar-refractivity contribution in [3.05, 3.63) is 59.0 Å². The van der Waals surface area contributed by atoms with Crippen LogP contribution < -0.4 is 5.32 Å². The minimum Gasteiger partial charge on any atom is -0.466 e. The molecule has 0 radical (unpaired) electrons. The van der Waals surface area contributed by atoms with E-state index >= 15 is 0 Å². The van der Waals surface area contributed by atoms with Crippen LogP contribution in [0.1, 0.15) is 55.4 Å². The highest BCUT2D eigenvalue weighted by molar-refractivity contribution is 5.24. The van der Waals surface area contributed by atoms with E-state index in [4.69, 9.17) is 4.42 Å². The van der Waals surface area contributed by atoms with Crippen molar-refractivity contribution in [1.82, 2.24) is 5.32 Å². The Hall–Kier alpha value is -1.54. The van der Waals surface area contributed by atoms with E-state index in [0.29, 0.717) is 17.9 Å². The van der Waals surface area contributed by atoms with Gasteiger partial charge in [0, 0.05) is 18.2 Å². The first-order chi connectivity index (χ1) is 9.99. The molecule has 2 atom stereocenters. The number of rotatable bonds is 6. The molecular formula is C19H27NO. The largest absolute Gasteiger partial charge is 0.466 e. The summed E-state index contributed by atoms with van der Waals surface area (Å²) >= 11 is 0. The summed E-state index contributed by atoms with van der Waals surface area (Å²) in [5.74, 6) is 3.15. The predicted molar refractivity (Wildman–Crippen MR) is 88.6 cm³/mol. The van der Waals surface area contributed by atoms with Gasteiger partial charge in [0.2, 0.25) is 0 Å². The lowest BCUT2D eigenvalue weighted by Gasteiger charge is -2.24. The Morgan fingerprint density at radius 2 is 1.71 bits per heavy atom. The van der Waals surface area contributed by atoms with Gasteiger partial charge in [-0.3, -0.25) is 0 Å². The topological polar surface area (TPSA) is 25.2 Å². The molecule has 114 valence electrons. The fourth-order valence-electron chi connectivity index (χ4n) is 2.93. The zero-order valence-corrected chi connectivity index (χ0v) is 13.8. The van der Waals surface area contributed by atoms with Gasteiger partial charge in [0.05, 0.1) is 0 Å². The van der Waals surface area contributed by atoms with E-state index in [0.717, 1.165) is 18.1 Å². The number of aryl methyl sites for hydroxylation is 2. The van der Waals surface area contributed by atoms with Gasteiger partial charge in [0.25, 0.3) is 0 Å². The Labute approximate surface area is 128 Å². The van der Waals surface area contributed by atoms with Crippen LogP contribution in [0.5, 0.6) is 0 Å². The first-order valence-corrected chi connectivity index (χ1v) is 7.84. The highest BCUT2D eigenvalue weighted by Gasteiger charge is 2.18. The van der Waals surface area contributed by atoms with Crippen molar-refractivity contribution in [2.75, 3.05) is 6.54 Å². The molecule has 2 nitrogen and oxygen atoms in total. The van der Waals surface area contributed by atoms with Crippen LogP contribution in [0.4, 0.5) is 0 Å². The second kappa shape index (κ2) is 6.95. The zero-order chi connectivity index (χ0) is 15.4. The predicted octanol–water partition coefficient (Wildman–Crippen LogP) is 4.99. The van der Waals surface area contributed by atoms with Crippen LogP contribution in [0, 0.1) is 19.8 Å². The molecule has 0 fully saturated rings. The highest BCUT2D eigenvalue weighted by atomic mass is 16.3. The normalized spacial score (nSPS) is 14.4. The van der Waals surface area contributed by atoms with E-state index in [1.54, 1.807) is 0 Å². The second-order valence-corrected chi connectivity index (χ2v) is 6.26. The summed E-state index contributed by atoms with van der Waals surface area (Å²) in [6, 6.07) is 13.2. The summed E-state index contributed by atoms with van der Waals surface area (Å²) in [7, 11) is 0. The third-order valence-corrected chi connectivity index (χ3v) is 4.22. The maximum atomic E-state index is 5.63. The van der Waals surface area contributed by atoms with Crippen molar-refractivity contribution in [3.63, 3.8) is 0 Å². The summed E-state index contributed by atoms with van der Waals surface area (Å²) in [6.07, 6.45) is 0. The fraction of sp³-hybridized carbons (Fsp3) is 0.474. The van der Waals surface area contributed by atoms with Crippen LogP contribution in [0.15, 0.2) is 40.8 Å². The van der Waals surface area contributed by atoms with E-state index in [9.17, 15) is 0 Å². The Kier molecular flexibility index (Phi) is 5.24. The standard InChI is InChI=1S/C19H27NO/c1-13(2)19(17-9-7-6-8-10-17)12-20-15(4)18-11-14(3)21-16(18)5/h6-11,13,15,19-20H,12H2,1-5H3. The van der Waals surface area contributed by atoms with Gasteiger partial charge < -0.3 is 9.73 Å². The van der Waals surface area contributed by atoms with Gasteiger partial charge in [-0.15, -0.1) is 0 Å². The molecule has 0 aliphatic rings. The first-order valence-electron chi connectivity index (χ1n) is 7.84. The van der Waals surface area contributed by atoms with Crippen molar-refractivity contribution in [2.45, 2.75) is 46.6 Å². The van der Waals surface area contributed by atoms with Gasteiger partial charge in [-0.25, -0.2) is 0 Å². The number of nitrogens with one attached hydrogen (secondary N) is 1. The molecule has 0 aliphatic carbocycles. The van der Waals surface area contributed by atoms with E-state index in [-0.39, 0.29) is 0 Å². The Balaban J connectivity index is 2.04. The maximum absolute atomic E-state index is 5.63. The molecule has 0 bridgehead atoms. The van der Waals surface area contributed by atoms with Crippen molar-refractivity contribution in [1.29, 1.82) is 0 Å². The molecular weight excluding hydrogens is 258 g/mol. The molecule has 0 saturated heterocycles. The zero-order valence-electron chi connectivity index (χ0n) is 13.8. The molecule has 21 heavy (non-hydrogen) atoms. The quantitative estimate of drug-likeness (QED) is 0.809. The molecule has 2 heteroatoms. The highest BCUT2D eigenvalue weighted by Crippen LogP contribution is 2.26. The summed E-state index contributed by atoms with van der Waals surface area (Å²) in [5, 5.41) is 3.67. The molecule has 0 amide bonds. The van der Waals surface area contributed by atoms with Gasteiger partial charge in [0.15, 0.2) is 0 Å². The molecule has 2 rings (SSSR count). The average Bonchev–Trinajstić information content (AvgIpc) is 2.78. The molecule has 0 saturated carbocycles. The second-order valence-electron chi connectivity index (χ2n) is 6.26. The van der Waals surface area contributed by atoms with Crippen LogP contribution in [0.2, 0.25) is 0 Å².